The van der Waals surface area contributed by atoms with Crippen molar-refractivity contribution in [2.75, 3.05) is 10.2 Å². The molecule has 3 amide bonds. The Morgan fingerprint density at radius 3 is 2.11 bits per heavy atom. The summed E-state index contributed by atoms with van der Waals surface area (Å²) in [5.41, 5.74) is 3.38. The number of carbonyl (C=O) groups is 3. The van der Waals surface area contributed by atoms with Crippen LogP contribution in [0.4, 0.5) is 11.4 Å². The first-order valence-corrected chi connectivity index (χ1v) is 9.05. The van der Waals surface area contributed by atoms with Crippen molar-refractivity contribution in [3.8, 4) is 0 Å². The quantitative estimate of drug-likeness (QED) is 0.838. The van der Waals surface area contributed by atoms with Gasteiger partial charge in [0.2, 0.25) is 17.7 Å². The lowest BCUT2D eigenvalue weighted by Crippen LogP contribution is -2.34. The second-order valence-corrected chi connectivity index (χ2v) is 7.57. The third kappa shape index (κ3) is 3.63. The Morgan fingerprint density at radius 1 is 0.963 bits per heavy atom. The van der Waals surface area contributed by atoms with Crippen molar-refractivity contribution in [1.82, 2.24) is 0 Å². The molecular formula is C22H24N2O3. The first-order valence-electron chi connectivity index (χ1n) is 9.05. The maximum atomic E-state index is 12.8. The van der Waals surface area contributed by atoms with Gasteiger partial charge in [-0.25, -0.2) is 0 Å². The molecule has 27 heavy (non-hydrogen) atoms. The largest absolute Gasteiger partial charge is 0.325 e. The topological polar surface area (TPSA) is 66.5 Å². The molecule has 5 nitrogen and oxygen atoms in total. The minimum Gasteiger partial charge on any atom is -0.325 e. The van der Waals surface area contributed by atoms with Crippen LogP contribution in [0.2, 0.25) is 0 Å². The van der Waals surface area contributed by atoms with Crippen molar-refractivity contribution in [2.24, 2.45) is 0 Å². The van der Waals surface area contributed by atoms with Gasteiger partial charge in [-0.05, 0) is 57.0 Å². The van der Waals surface area contributed by atoms with Crippen LogP contribution in [0.5, 0.6) is 0 Å². The number of hydrogen-bond acceptors (Lipinski definition) is 3. The van der Waals surface area contributed by atoms with Crippen LogP contribution in [0.3, 0.4) is 0 Å². The van der Waals surface area contributed by atoms with Crippen molar-refractivity contribution < 1.29 is 14.4 Å². The molecule has 140 valence electrons. The van der Waals surface area contributed by atoms with Crippen LogP contribution in [0.25, 0.3) is 0 Å². The second-order valence-electron chi connectivity index (χ2n) is 7.57. The van der Waals surface area contributed by atoms with E-state index in [0.717, 1.165) is 16.7 Å². The zero-order valence-corrected chi connectivity index (χ0v) is 16.1. The zero-order valence-electron chi connectivity index (χ0n) is 16.1. The van der Waals surface area contributed by atoms with Gasteiger partial charge in [-0.2, -0.15) is 0 Å². The smallest absolute Gasteiger partial charge is 0.234 e. The van der Waals surface area contributed by atoms with Crippen molar-refractivity contribution in [1.29, 1.82) is 0 Å². The summed E-state index contributed by atoms with van der Waals surface area (Å²) in [5.74, 6) is -0.479. The number of amides is 3. The Bertz CT molecular complexity index is 898. The highest BCUT2D eigenvalue weighted by molar-refractivity contribution is 6.20. The number of nitrogens with zero attached hydrogens (tertiary/aromatic N) is 1. The average molecular weight is 364 g/mol. The fourth-order valence-electron chi connectivity index (χ4n) is 3.22. The summed E-state index contributed by atoms with van der Waals surface area (Å²) in [7, 11) is 0. The first kappa shape index (κ1) is 18.8. The monoisotopic (exact) mass is 364 g/mol. The lowest BCUT2D eigenvalue weighted by atomic mass is 9.83. The van der Waals surface area contributed by atoms with Crippen molar-refractivity contribution in [2.45, 2.75) is 46.0 Å². The molecule has 1 saturated heterocycles. The first-order chi connectivity index (χ1) is 12.7. The Labute approximate surface area is 159 Å². The molecule has 1 heterocycles. The van der Waals surface area contributed by atoms with Crippen LogP contribution in [0.15, 0.2) is 42.5 Å². The summed E-state index contributed by atoms with van der Waals surface area (Å²) in [6.07, 6.45) is 0.503. The highest BCUT2D eigenvalue weighted by atomic mass is 16.2. The van der Waals surface area contributed by atoms with Crippen LogP contribution in [0, 0.1) is 13.8 Å². The van der Waals surface area contributed by atoms with E-state index in [1.54, 1.807) is 18.2 Å². The summed E-state index contributed by atoms with van der Waals surface area (Å²) in [6, 6.07) is 13.1. The summed E-state index contributed by atoms with van der Waals surface area (Å²) in [5, 5.41) is 2.95. The molecule has 3 rings (SSSR count). The zero-order chi connectivity index (χ0) is 19.8. The Balaban J connectivity index is 1.80. The normalized spacial score (nSPS) is 14.6. The molecule has 0 atom stereocenters. The molecule has 1 aliphatic heterocycles. The predicted octanol–water partition coefficient (Wildman–Crippen LogP) is 3.87. The van der Waals surface area contributed by atoms with Gasteiger partial charge in [-0.15, -0.1) is 0 Å². The molecule has 2 aromatic rings. The fourth-order valence-corrected chi connectivity index (χ4v) is 3.22. The summed E-state index contributed by atoms with van der Waals surface area (Å²) >= 11 is 0. The van der Waals surface area contributed by atoms with Gasteiger partial charge in [0, 0.05) is 18.5 Å². The van der Waals surface area contributed by atoms with Crippen LogP contribution in [-0.4, -0.2) is 17.7 Å². The third-order valence-corrected chi connectivity index (χ3v) is 5.09. The van der Waals surface area contributed by atoms with Gasteiger partial charge >= 0.3 is 0 Å². The number of nitrogens with one attached hydrogen (secondary N) is 1. The molecule has 0 bridgehead atoms. The highest BCUT2D eigenvalue weighted by Gasteiger charge is 2.32. The van der Waals surface area contributed by atoms with E-state index in [4.69, 9.17) is 0 Å². The van der Waals surface area contributed by atoms with Gasteiger partial charge in [-0.1, -0.05) is 29.8 Å². The minimum absolute atomic E-state index is 0.119. The number of rotatable bonds is 4. The van der Waals surface area contributed by atoms with Crippen LogP contribution >= 0.6 is 0 Å². The number of benzene rings is 2. The van der Waals surface area contributed by atoms with Gasteiger partial charge in [0.1, 0.15) is 0 Å². The number of aryl methyl sites for hydroxylation is 2. The molecule has 2 aromatic carbocycles. The van der Waals surface area contributed by atoms with Gasteiger partial charge in [0.05, 0.1) is 11.1 Å². The molecule has 1 N–H and O–H groups in total. The van der Waals surface area contributed by atoms with E-state index in [2.05, 4.69) is 5.32 Å². The van der Waals surface area contributed by atoms with Crippen molar-refractivity contribution >= 4 is 29.1 Å². The van der Waals surface area contributed by atoms with E-state index in [9.17, 15) is 14.4 Å². The van der Waals surface area contributed by atoms with Crippen LogP contribution in [-0.2, 0) is 19.8 Å². The van der Waals surface area contributed by atoms with E-state index >= 15 is 0 Å². The SMILES string of the molecule is Cc1ccc(C(C)(C)C(=O)Nc2ccc(N3C(=O)CCC3=O)c(C)c2)cc1. The minimum atomic E-state index is -0.693. The number of carbonyl (C=O) groups excluding carboxylic acids is 3. The van der Waals surface area contributed by atoms with E-state index in [0.29, 0.717) is 11.4 Å². The van der Waals surface area contributed by atoms with Crippen molar-refractivity contribution in [3.05, 3.63) is 59.2 Å². The lowest BCUT2D eigenvalue weighted by molar-refractivity contribution is -0.122. The maximum absolute atomic E-state index is 12.8. The summed E-state index contributed by atoms with van der Waals surface area (Å²) in [6.45, 7) is 7.61. The molecule has 1 aliphatic rings. The van der Waals surface area contributed by atoms with E-state index in [1.807, 2.05) is 52.0 Å². The van der Waals surface area contributed by atoms with Gasteiger partial charge < -0.3 is 5.32 Å². The molecule has 0 aromatic heterocycles. The molecule has 0 saturated carbocycles. The summed E-state index contributed by atoms with van der Waals surface area (Å²) < 4.78 is 0. The molecular weight excluding hydrogens is 340 g/mol. The molecule has 0 unspecified atom stereocenters. The van der Waals surface area contributed by atoms with E-state index < -0.39 is 5.41 Å². The molecule has 0 aliphatic carbocycles. The number of imide groups is 1. The van der Waals surface area contributed by atoms with Gasteiger partial charge in [-0.3, -0.25) is 19.3 Å². The average Bonchev–Trinajstić information content (AvgIpc) is 2.94. The summed E-state index contributed by atoms with van der Waals surface area (Å²) in [4.78, 5) is 38.0. The van der Waals surface area contributed by atoms with E-state index in [-0.39, 0.29) is 30.6 Å². The van der Waals surface area contributed by atoms with Gasteiger partial charge in [0.25, 0.3) is 0 Å². The Hall–Kier alpha value is -2.95. The lowest BCUT2D eigenvalue weighted by Gasteiger charge is -2.25. The third-order valence-electron chi connectivity index (χ3n) is 5.09. The molecule has 1 fully saturated rings. The second kappa shape index (κ2) is 6.99. The molecule has 0 radical (unpaired) electrons. The number of hydrogen-bond donors (Lipinski definition) is 1. The highest BCUT2D eigenvalue weighted by Crippen LogP contribution is 2.30. The molecule has 0 spiro atoms. The van der Waals surface area contributed by atoms with Crippen molar-refractivity contribution in [3.63, 3.8) is 0 Å². The standard InChI is InChI=1S/C22H24N2O3/c1-14-5-7-16(8-6-14)22(3,4)21(27)23-17-9-10-18(15(2)13-17)24-19(25)11-12-20(24)26/h5-10,13H,11-12H2,1-4H3,(H,23,27). The van der Waals surface area contributed by atoms with Gasteiger partial charge in [0.15, 0.2) is 0 Å². The Kier molecular flexibility index (Phi) is 4.87. The predicted molar refractivity (Wildman–Crippen MR) is 106 cm³/mol. The maximum Gasteiger partial charge on any atom is 0.234 e. The van der Waals surface area contributed by atoms with Crippen LogP contribution in [0.1, 0.15) is 43.4 Å². The Morgan fingerprint density at radius 2 is 1.56 bits per heavy atom. The van der Waals surface area contributed by atoms with E-state index in [1.165, 1.54) is 4.90 Å². The van der Waals surface area contributed by atoms with Crippen LogP contribution < -0.4 is 10.2 Å². The number of anilines is 2. The molecule has 5 heteroatoms. The fraction of sp³-hybridized carbons (Fsp3) is 0.318.